The van der Waals surface area contributed by atoms with Gasteiger partial charge in [0.1, 0.15) is 0 Å². The van der Waals surface area contributed by atoms with Gasteiger partial charge in [0.2, 0.25) is 0 Å². The maximum atomic E-state index is 3.53. The largest absolute Gasteiger partial charge is 0.385 e. The molecular formula is C22H31N. The van der Waals surface area contributed by atoms with Gasteiger partial charge in [0, 0.05) is 12.2 Å². The topological polar surface area (TPSA) is 12.0 Å². The van der Waals surface area contributed by atoms with E-state index in [2.05, 4.69) is 66.8 Å². The Kier molecular flexibility index (Phi) is 8.32. The van der Waals surface area contributed by atoms with Crippen LogP contribution in [0.25, 0.3) is 11.1 Å². The van der Waals surface area contributed by atoms with E-state index >= 15 is 0 Å². The van der Waals surface area contributed by atoms with Crippen molar-refractivity contribution in [3.63, 3.8) is 0 Å². The third-order valence-electron chi connectivity index (χ3n) is 4.35. The Hall–Kier alpha value is -1.76. The minimum absolute atomic E-state index is 1.08. The maximum Gasteiger partial charge on any atom is 0.0340 e. The molecule has 1 nitrogen and oxygen atoms in total. The monoisotopic (exact) mass is 309 g/mol. The zero-order valence-electron chi connectivity index (χ0n) is 14.6. The number of benzene rings is 2. The first kappa shape index (κ1) is 17.6. The minimum atomic E-state index is 1.08. The predicted molar refractivity (Wildman–Crippen MR) is 103 cm³/mol. The fraction of sp³-hybridized carbons (Fsp3) is 0.455. The second kappa shape index (κ2) is 10.9. The molecule has 0 saturated heterocycles. The molecule has 1 N–H and O–H groups in total. The SMILES string of the molecule is CCCCCCCCCCNc1ccc(-c2ccccc2)cc1. The van der Waals surface area contributed by atoms with E-state index in [0.29, 0.717) is 0 Å². The van der Waals surface area contributed by atoms with Crippen molar-refractivity contribution in [1.82, 2.24) is 0 Å². The van der Waals surface area contributed by atoms with Gasteiger partial charge in [0.25, 0.3) is 0 Å². The Labute approximate surface area is 142 Å². The van der Waals surface area contributed by atoms with Gasteiger partial charge in [-0.2, -0.15) is 0 Å². The second-order valence-corrected chi connectivity index (χ2v) is 6.35. The Morgan fingerprint density at radius 3 is 1.83 bits per heavy atom. The van der Waals surface area contributed by atoms with Crippen LogP contribution >= 0.6 is 0 Å². The van der Waals surface area contributed by atoms with Gasteiger partial charge in [-0.15, -0.1) is 0 Å². The highest BCUT2D eigenvalue weighted by Gasteiger charge is 1.97. The van der Waals surface area contributed by atoms with Gasteiger partial charge in [0.05, 0.1) is 0 Å². The maximum absolute atomic E-state index is 3.53. The summed E-state index contributed by atoms with van der Waals surface area (Å²) < 4.78 is 0. The Morgan fingerprint density at radius 1 is 0.609 bits per heavy atom. The summed E-state index contributed by atoms with van der Waals surface area (Å²) in [5.41, 5.74) is 3.79. The summed E-state index contributed by atoms with van der Waals surface area (Å²) in [4.78, 5) is 0. The van der Waals surface area contributed by atoms with Crippen molar-refractivity contribution in [2.75, 3.05) is 11.9 Å². The first-order chi connectivity index (χ1) is 11.4. The summed E-state index contributed by atoms with van der Waals surface area (Å²) in [6.45, 7) is 3.36. The first-order valence-electron chi connectivity index (χ1n) is 9.29. The summed E-state index contributed by atoms with van der Waals surface area (Å²) in [6.07, 6.45) is 11.0. The molecule has 23 heavy (non-hydrogen) atoms. The standard InChI is InChI=1S/C22H31N/c1-2-3-4-5-6-7-8-12-19-23-22-17-15-21(16-18-22)20-13-10-9-11-14-20/h9-11,13-18,23H,2-8,12,19H2,1H3. The van der Waals surface area contributed by atoms with Crippen LogP contribution in [0.3, 0.4) is 0 Å². The Balaban J connectivity index is 1.60. The Bertz CT molecular complexity index is 515. The quantitative estimate of drug-likeness (QED) is 0.445. The van der Waals surface area contributed by atoms with Crippen molar-refractivity contribution < 1.29 is 0 Å². The molecule has 124 valence electrons. The van der Waals surface area contributed by atoms with Crippen molar-refractivity contribution in [2.24, 2.45) is 0 Å². The average molecular weight is 309 g/mol. The number of hydrogen-bond acceptors (Lipinski definition) is 1. The van der Waals surface area contributed by atoms with Crippen LogP contribution in [0.2, 0.25) is 0 Å². The summed E-state index contributed by atoms with van der Waals surface area (Å²) in [5, 5.41) is 3.53. The van der Waals surface area contributed by atoms with E-state index in [1.54, 1.807) is 0 Å². The fourth-order valence-corrected chi connectivity index (χ4v) is 2.90. The van der Waals surface area contributed by atoms with Crippen LogP contribution in [0, 0.1) is 0 Å². The third-order valence-corrected chi connectivity index (χ3v) is 4.35. The van der Waals surface area contributed by atoms with Crippen molar-refractivity contribution in [2.45, 2.75) is 58.3 Å². The summed E-state index contributed by atoms with van der Waals surface area (Å²) in [5.74, 6) is 0. The summed E-state index contributed by atoms with van der Waals surface area (Å²) in [7, 11) is 0. The molecule has 0 atom stereocenters. The zero-order valence-corrected chi connectivity index (χ0v) is 14.6. The lowest BCUT2D eigenvalue weighted by molar-refractivity contribution is 0.581. The molecule has 0 aliphatic rings. The number of anilines is 1. The lowest BCUT2D eigenvalue weighted by Crippen LogP contribution is -2.01. The predicted octanol–water partition coefficient (Wildman–Crippen LogP) is 6.91. The van der Waals surface area contributed by atoms with Crippen LogP contribution < -0.4 is 5.32 Å². The van der Waals surface area contributed by atoms with E-state index < -0.39 is 0 Å². The second-order valence-electron chi connectivity index (χ2n) is 6.35. The molecule has 1 heteroatoms. The molecule has 2 rings (SSSR count). The molecule has 0 aliphatic carbocycles. The number of unbranched alkanes of at least 4 members (excludes halogenated alkanes) is 7. The van der Waals surface area contributed by atoms with Gasteiger partial charge in [-0.05, 0) is 29.7 Å². The molecule has 0 radical (unpaired) electrons. The lowest BCUT2D eigenvalue weighted by atomic mass is 10.1. The van der Waals surface area contributed by atoms with Gasteiger partial charge in [-0.3, -0.25) is 0 Å². The van der Waals surface area contributed by atoms with Crippen LogP contribution in [0.15, 0.2) is 54.6 Å². The van der Waals surface area contributed by atoms with Crippen LogP contribution in [-0.4, -0.2) is 6.54 Å². The molecule has 0 amide bonds. The molecule has 0 heterocycles. The Morgan fingerprint density at radius 2 is 1.17 bits per heavy atom. The third kappa shape index (κ3) is 6.90. The smallest absolute Gasteiger partial charge is 0.0340 e. The van der Waals surface area contributed by atoms with Crippen molar-refractivity contribution in [3.8, 4) is 11.1 Å². The average Bonchev–Trinajstić information content (AvgIpc) is 2.62. The van der Waals surface area contributed by atoms with E-state index in [-0.39, 0.29) is 0 Å². The molecule has 2 aromatic carbocycles. The minimum Gasteiger partial charge on any atom is -0.385 e. The van der Waals surface area contributed by atoms with Crippen LogP contribution in [0.4, 0.5) is 5.69 Å². The summed E-state index contributed by atoms with van der Waals surface area (Å²) >= 11 is 0. The van der Waals surface area contributed by atoms with E-state index in [0.717, 1.165) is 6.54 Å². The van der Waals surface area contributed by atoms with Gasteiger partial charge in [-0.25, -0.2) is 0 Å². The molecule has 0 aromatic heterocycles. The molecule has 0 fully saturated rings. The zero-order chi connectivity index (χ0) is 16.2. The van der Waals surface area contributed by atoms with E-state index in [9.17, 15) is 0 Å². The van der Waals surface area contributed by atoms with Crippen LogP contribution in [0.5, 0.6) is 0 Å². The van der Waals surface area contributed by atoms with Crippen molar-refractivity contribution in [1.29, 1.82) is 0 Å². The molecule has 0 spiro atoms. The van der Waals surface area contributed by atoms with E-state index in [1.165, 1.54) is 68.2 Å². The molecule has 2 aromatic rings. The van der Waals surface area contributed by atoms with Crippen molar-refractivity contribution in [3.05, 3.63) is 54.6 Å². The van der Waals surface area contributed by atoms with Gasteiger partial charge in [-0.1, -0.05) is 94.3 Å². The highest BCUT2D eigenvalue weighted by atomic mass is 14.9. The first-order valence-corrected chi connectivity index (χ1v) is 9.29. The van der Waals surface area contributed by atoms with Crippen LogP contribution in [-0.2, 0) is 0 Å². The lowest BCUT2D eigenvalue weighted by Gasteiger charge is -2.08. The molecule has 0 unspecified atom stereocenters. The van der Waals surface area contributed by atoms with Gasteiger partial charge in [0.15, 0.2) is 0 Å². The highest BCUT2D eigenvalue weighted by molar-refractivity contribution is 5.65. The highest BCUT2D eigenvalue weighted by Crippen LogP contribution is 2.21. The normalized spacial score (nSPS) is 10.7. The van der Waals surface area contributed by atoms with Crippen molar-refractivity contribution >= 4 is 5.69 Å². The fourth-order valence-electron chi connectivity index (χ4n) is 2.90. The molecule has 0 saturated carbocycles. The number of hydrogen-bond donors (Lipinski definition) is 1. The number of rotatable bonds is 11. The molecule has 0 bridgehead atoms. The van der Waals surface area contributed by atoms with Crippen LogP contribution in [0.1, 0.15) is 58.3 Å². The van der Waals surface area contributed by atoms with Gasteiger partial charge >= 0.3 is 0 Å². The molecular weight excluding hydrogens is 278 g/mol. The molecule has 0 aliphatic heterocycles. The number of nitrogens with one attached hydrogen (secondary N) is 1. The van der Waals surface area contributed by atoms with E-state index in [4.69, 9.17) is 0 Å². The van der Waals surface area contributed by atoms with E-state index in [1.807, 2.05) is 0 Å². The summed E-state index contributed by atoms with van der Waals surface area (Å²) in [6, 6.07) is 19.3. The van der Waals surface area contributed by atoms with Gasteiger partial charge < -0.3 is 5.32 Å².